The SMILES string of the molecule is O=C(O)N[C@@H]1C[C@H]1c1ccc(OCc2ccccc2F)cc1. The van der Waals surface area contributed by atoms with Crippen LogP contribution < -0.4 is 10.1 Å². The van der Waals surface area contributed by atoms with Crippen molar-refractivity contribution >= 4 is 6.09 Å². The van der Waals surface area contributed by atoms with Gasteiger partial charge in [0.25, 0.3) is 0 Å². The highest BCUT2D eigenvalue weighted by molar-refractivity contribution is 5.65. The van der Waals surface area contributed by atoms with Gasteiger partial charge in [0.1, 0.15) is 18.2 Å². The van der Waals surface area contributed by atoms with Crippen molar-refractivity contribution in [3.8, 4) is 5.75 Å². The van der Waals surface area contributed by atoms with Gasteiger partial charge in [0, 0.05) is 17.5 Å². The summed E-state index contributed by atoms with van der Waals surface area (Å²) in [7, 11) is 0. The van der Waals surface area contributed by atoms with E-state index < -0.39 is 6.09 Å². The standard InChI is InChI=1S/C17H16FNO3/c18-15-4-2-1-3-12(15)10-22-13-7-5-11(6-8-13)14-9-16(14)19-17(20)21/h1-8,14,16,19H,9-10H2,(H,20,21)/t14-,16+/m0/s1. The van der Waals surface area contributed by atoms with Crippen LogP contribution in [-0.2, 0) is 6.61 Å². The van der Waals surface area contributed by atoms with Crippen molar-refractivity contribution < 1.29 is 19.0 Å². The molecular formula is C17H16FNO3. The molecule has 1 aliphatic rings. The summed E-state index contributed by atoms with van der Waals surface area (Å²) in [5.41, 5.74) is 1.59. The van der Waals surface area contributed by atoms with Gasteiger partial charge < -0.3 is 15.2 Å². The molecule has 0 saturated heterocycles. The van der Waals surface area contributed by atoms with Gasteiger partial charge in [-0.05, 0) is 30.2 Å². The predicted molar refractivity (Wildman–Crippen MR) is 79.5 cm³/mol. The van der Waals surface area contributed by atoms with Gasteiger partial charge in [-0.15, -0.1) is 0 Å². The number of nitrogens with one attached hydrogen (secondary N) is 1. The smallest absolute Gasteiger partial charge is 0.404 e. The molecule has 0 spiro atoms. The summed E-state index contributed by atoms with van der Waals surface area (Å²) < 4.78 is 19.1. The van der Waals surface area contributed by atoms with Crippen LogP contribution in [0.25, 0.3) is 0 Å². The van der Waals surface area contributed by atoms with Gasteiger partial charge in [0.05, 0.1) is 0 Å². The van der Waals surface area contributed by atoms with Gasteiger partial charge in [-0.2, -0.15) is 0 Å². The highest BCUT2D eigenvalue weighted by Crippen LogP contribution is 2.41. The number of carboxylic acid groups (broad SMARTS) is 1. The first-order valence-electron chi connectivity index (χ1n) is 7.09. The minimum atomic E-state index is -0.989. The fraction of sp³-hybridized carbons (Fsp3) is 0.235. The average Bonchev–Trinajstić information content (AvgIpc) is 3.25. The Hall–Kier alpha value is -2.56. The molecule has 0 bridgehead atoms. The summed E-state index contributed by atoms with van der Waals surface area (Å²) in [6.07, 6.45) is -0.167. The fourth-order valence-corrected chi connectivity index (χ4v) is 2.47. The molecule has 4 nitrogen and oxygen atoms in total. The third-order valence-electron chi connectivity index (χ3n) is 3.76. The Labute approximate surface area is 127 Å². The van der Waals surface area contributed by atoms with Crippen LogP contribution >= 0.6 is 0 Å². The molecule has 2 aromatic rings. The number of rotatable bonds is 5. The van der Waals surface area contributed by atoms with E-state index in [2.05, 4.69) is 5.32 Å². The third kappa shape index (κ3) is 3.36. The summed E-state index contributed by atoms with van der Waals surface area (Å²) >= 11 is 0. The summed E-state index contributed by atoms with van der Waals surface area (Å²) in [4.78, 5) is 10.6. The Morgan fingerprint density at radius 2 is 1.95 bits per heavy atom. The first-order valence-corrected chi connectivity index (χ1v) is 7.09. The lowest BCUT2D eigenvalue weighted by Gasteiger charge is -2.08. The molecule has 0 heterocycles. The molecule has 2 atom stereocenters. The maximum atomic E-state index is 13.5. The molecule has 114 valence electrons. The molecule has 0 aliphatic heterocycles. The lowest BCUT2D eigenvalue weighted by Crippen LogP contribution is -2.24. The van der Waals surface area contributed by atoms with Gasteiger partial charge in [0.2, 0.25) is 0 Å². The van der Waals surface area contributed by atoms with E-state index in [0.717, 1.165) is 12.0 Å². The van der Waals surface area contributed by atoms with Crippen molar-refractivity contribution in [2.45, 2.75) is 25.0 Å². The second-order valence-corrected chi connectivity index (χ2v) is 5.35. The number of halogens is 1. The van der Waals surface area contributed by atoms with E-state index in [1.165, 1.54) is 6.07 Å². The van der Waals surface area contributed by atoms with Crippen molar-refractivity contribution in [2.24, 2.45) is 0 Å². The lowest BCUT2D eigenvalue weighted by atomic mass is 10.1. The fourth-order valence-electron chi connectivity index (χ4n) is 2.47. The van der Waals surface area contributed by atoms with E-state index >= 15 is 0 Å². The maximum Gasteiger partial charge on any atom is 0.404 e. The van der Waals surface area contributed by atoms with E-state index in [0.29, 0.717) is 11.3 Å². The molecule has 0 aromatic heterocycles. The van der Waals surface area contributed by atoms with Gasteiger partial charge in [0.15, 0.2) is 0 Å². The zero-order valence-corrected chi connectivity index (χ0v) is 11.8. The molecule has 1 amide bonds. The van der Waals surface area contributed by atoms with Crippen LogP contribution in [0, 0.1) is 5.82 Å². The van der Waals surface area contributed by atoms with Crippen LogP contribution in [0.4, 0.5) is 9.18 Å². The highest BCUT2D eigenvalue weighted by atomic mass is 19.1. The van der Waals surface area contributed by atoms with E-state index in [4.69, 9.17) is 9.84 Å². The maximum absolute atomic E-state index is 13.5. The number of amides is 1. The molecule has 2 aromatic carbocycles. The van der Waals surface area contributed by atoms with Crippen molar-refractivity contribution in [2.75, 3.05) is 0 Å². The Morgan fingerprint density at radius 3 is 2.64 bits per heavy atom. The zero-order valence-electron chi connectivity index (χ0n) is 11.8. The molecular weight excluding hydrogens is 285 g/mol. The number of hydrogen-bond donors (Lipinski definition) is 2. The first-order chi connectivity index (χ1) is 10.6. The predicted octanol–water partition coefficient (Wildman–Crippen LogP) is 3.53. The number of benzene rings is 2. The van der Waals surface area contributed by atoms with Gasteiger partial charge >= 0.3 is 6.09 Å². The summed E-state index contributed by atoms with van der Waals surface area (Å²) in [5, 5.41) is 11.1. The van der Waals surface area contributed by atoms with Gasteiger partial charge in [-0.1, -0.05) is 30.3 Å². The Kier molecular flexibility index (Phi) is 3.96. The van der Waals surface area contributed by atoms with E-state index in [1.54, 1.807) is 18.2 Å². The molecule has 1 saturated carbocycles. The van der Waals surface area contributed by atoms with E-state index in [-0.39, 0.29) is 24.4 Å². The minimum Gasteiger partial charge on any atom is -0.489 e. The van der Waals surface area contributed by atoms with Crippen LogP contribution in [0.1, 0.15) is 23.5 Å². The van der Waals surface area contributed by atoms with Gasteiger partial charge in [-0.3, -0.25) is 0 Å². The van der Waals surface area contributed by atoms with Gasteiger partial charge in [-0.25, -0.2) is 9.18 Å². The highest BCUT2D eigenvalue weighted by Gasteiger charge is 2.39. The van der Waals surface area contributed by atoms with Crippen LogP contribution in [0.5, 0.6) is 5.75 Å². The topological polar surface area (TPSA) is 58.6 Å². The molecule has 3 rings (SSSR count). The lowest BCUT2D eigenvalue weighted by molar-refractivity contribution is 0.193. The second-order valence-electron chi connectivity index (χ2n) is 5.35. The van der Waals surface area contributed by atoms with E-state index in [9.17, 15) is 9.18 Å². The Bertz CT molecular complexity index is 672. The third-order valence-corrected chi connectivity index (χ3v) is 3.76. The first kappa shape index (κ1) is 14.4. The monoisotopic (exact) mass is 301 g/mol. The quantitative estimate of drug-likeness (QED) is 0.888. The summed E-state index contributed by atoms with van der Waals surface area (Å²) in [6, 6.07) is 14.0. The van der Waals surface area contributed by atoms with Crippen LogP contribution in [-0.4, -0.2) is 17.2 Å². The molecule has 2 N–H and O–H groups in total. The summed E-state index contributed by atoms with van der Waals surface area (Å²) in [5.74, 6) is 0.617. The Balaban J connectivity index is 1.56. The summed E-state index contributed by atoms with van der Waals surface area (Å²) in [6.45, 7) is 0.179. The van der Waals surface area contributed by atoms with Crippen molar-refractivity contribution in [3.05, 3.63) is 65.5 Å². The zero-order chi connectivity index (χ0) is 15.5. The average molecular weight is 301 g/mol. The number of carbonyl (C=O) groups is 1. The largest absolute Gasteiger partial charge is 0.489 e. The van der Waals surface area contributed by atoms with Crippen molar-refractivity contribution in [1.29, 1.82) is 0 Å². The molecule has 22 heavy (non-hydrogen) atoms. The number of ether oxygens (including phenoxy) is 1. The molecule has 0 unspecified atom stereocenters. The molecule has 1 fully saturated rings. The molecule has 1 aliphatic carbocycles. The number of hydrogen-bond acceptors (Lipinski definition) is 2. The van der Waals surface area contributed by atoms with E-state index in [1.807, 2.05) is 24.3 Å². The van der Waals surface area contributed by atoms with Crippen molar-refractivity contribution in [3.63, 3.8) is 0 Å². The molecule has 0 radical (unpaired) electrons. The minimum absolute atomic E-state index is 0.00248. The van der Waals surface area contributed by atoms with Crippen molar-refractivity contribution in [1.82, 2.24) is 5.32 Å². The van der Waals surface area contributed by atoms with Crippen LogP contribution in [0.15, 0.2) is 48.5 Å². The second kappa shape index (κ2) is 6.05. The molecule has 5 heteroatoms. The normalized spacial score (nSPS) is 19.5. The van der Waals surface area contributed by atoms with Crippen LogP contribution in [0.2, 0.25) is 0 Å². The van der Waals surface area contributed by atoms with Crippen LogP contribution in [0.3, 0.4) is 0 Å². The Morgan fingerprint density at radius 1 is 1.23 bits per heavy atom.